The summed E-state index contributed by atoms with van der Waals surface area (Å²) in [4.78, 5) is 2.55. The number of fused-ring (bicyclic) bond motifs is 1. The van der Waals surface area contributed by atoms with Gasteiger partial charge in [0.05, 0.1) is 0 Å². The predicted molar refractivity (Wildman–Crippen MR) is 73.1 cm³/mol. The van der Waals surface area contributed by atoms with E-state index in [4.69, 9.17) is 5.73 Å². The van der Waals surface area contributed by atoms with E-state index in [1.54, 1.807) is 0 Å². The van der Waals surface area contributed by atoms with Gasteiger partial charge in [0, 0.05) is 24.5 Å². The number of nitrogens with zero attached hydrogens (tertiary/aromatic N) is 1. The Morgan fingerprint density at radius 2 is 1.65 bits per heavy atom. The number of hydrogen-bond donors (Lipinski definition) is 1. The molecule has 0 unspecified atom stereocenters. The maximum atomic E-state index is 5.74. The van der Waals surface area contributed by atoms with Crippen molar-refractivity contribution in [1.82, 2.24) is 0 Å². The van der Waals surface area contributed by atoms with E-state index in [2.05, 4.69) is 17.0 Å². The Kier molecular flexibility index (Phi) is 2.96. The van der Waals surface area contributed by atoms with E-state index in [1.165, 1.54) is 50.9 Å². The third kappa shape index (κ3) is 2.26. The van der Waals surface area contributed by atoms with Crippen molar-refractivity contribution >= 4 is 11.4 Å². The Bertz CT molecular complexity index is 371. The molecule has 0 bridgehead atoms. The second kappa shape index (κ2) is 4.59. The molecule has 2 aliphatic rings. The minimum absolute atomic E-state index is 0.862. The lowest BCUT2D eigenvalue weighted by molar-refractivity contribution is 0.202. The molecule has 1 heterocycles. The van der Waals surface area contributed by atoms with Crippen LogP contribution in [0.15, 0.2) is 24.3 Å². The maximum Gasteiger partial charge on any atom is 0.0367 e. The second-order valence-corrected chi connectivity index (χ2v) is 5.63. The lowest BCUT2D eigenvalue weighted by Gasteiger charge is -2.42. The Balaban J connectivity index is 1.71. The maximum absolute atomic E-state index is 5.74. The first-order valence-electron chi connectivity index (χ1n) is 6.93. The van der Waals surface area contributed by atoms with Gasteiger partial charge < -0.3 is 10.6 Å². The molecule has 2 fully saturated rings. The molecule has 2 N–H and O–H groups in total. The van der Waals surface area contributed by atoms with E-state index in [1.807, 2.05) is 12.1 Å². The van der Waals surface area contributed by atoms with Crippen LogP contribution in [0.3, 0.4) is 0 Å². The van der Waals surface area contributed by atoms with Crippen LogP contribution in [-0.2, 0) is 0 Å². The molecule has 3 rings (SSSR count). The van der Waals surface area contributed by atoms with Crippen LogP contribution in [-0.4, -0.2) is 13.1 Å². The number of nitrogen functional groups attached to an aromatic ring is 1. The van der Waals surface area contributed by atoms with Gasteiger partial charge in [0.2, 0.25) is 0 Å². The zero-order chi connectivity index (χ0) is 11.7. The zero-order valence-corrected chi connectivity index (χ0v) is 10.4. The molecule has 1 aromatic rings. The molecular formula is C15H22N2. The zero-order valence-electron chi connectivity index (χ0n) is 10.4. The summed E-state index contributed by atoms with van der Waals surface area (Å²) in [6.45, 7) is 2.49. The van der Waals surface area contributed by atoms with Gasteiger partial charge in [-0.25, -0.2) is 0 Å². The summed E-state index contributed by atoms with van der Waals surface area (Å²) < 4.78 is 0. The summed E-state index contributed by atoms with van der Waals surface area (Å²) in [6, 6.07) is 8.36. The first-order chi connectivity index (χ1) is 8.33. The van der Waals surface area contributed by atoms with Crippen LogP contribution in [0.25, 0.3) is 0 Å². The molecule has 0 amide bonds. The van der Waals surface area contributed by atoms with Crippen molar-refractivity contribution in [1.29, 1.82) is 0 Å². The predicted octanol–water partition coefficient (Wildman–Crippen LogP) is 3.29. The fourth-order valence-corrected chi connectivity index (χ4v) is 3.52. The average molecular weight is 230 g/mol. The highest BCUT2D eigenvalue weighted by atomic mass is 15.1. The number of piperidine rings is 1. The largest absolute Gasteiger partial charge is 0.399 e. The van der Waals surface area contributed by atoms with Gasteiger partial charge in [-0.2, -0.15) is 0 Å². The molecule has 2 nitrogen and oxygen atoms in total. The highest BCUT2D eigenvalue weighted by Crippen LogP contribution is 2.37. The van der Waals surface area contributed by atoms with Gasteiger partial charge in [0.1, 0.15) is 0 Å². The van der Waals surface area contributed by atoms with E-state index in [9.17, 15) is 0 Å². The number of hydrogen-bond acceptors (Lipinski definition) is 2. The van der Waals surface area contributed by atoms with Crippen LogP contribution in [0.1, 0.15) is 32.1 Å². The van der Waals surface area contributed by atoms with Crippen molar-refractivity contribution in [2.24, 2.45) is 11.8 Å². The molecule has 1 aromatic carbocycles. The fraction of sp³-hybridized carbons (Fsp3) is 0.600. The fourth-order valence-electron chi connectivity index (χ4n) is 3.52. The van der Waals surface area contributed by atoms with Gasteiger partial charge >= 0.3 is 0 Å². The normalized spacial score (nSPS) is 28.8. The van der Waals surface area contributed by atoms with Gasteiger partial charge in [-0.15, -0.1) is 0 Å². The molecule has 2 heteroatoms. The Morgan fingerprint density at radius 1 is 0.941 bits per heavy atom. The quantitative estimate of drug-likeness (QED) is 0.750. The van der Waals surface area contributed by atoms with Crippen LogP contribution >= 0.6 is 0 Å². The van der Waals surface area contributed by atoms with Gasteiger partial charge in [0.15, 0.2) is 0 Å². The summed E-state index contributed by atoms with van der Waals surface area (Å²) in [7, 11) is 0. The summed E-state index contributed by atoms with van der Waals surface area (Å²) in [5.74, 6) is 1.95. The molecule has 0 radical (unpaired) electrons. The smallest absolute Gasteiger partial charge is 0.0367 e. The van der Waals surface area contributed by atoms with Gasteiger partial charge in [-0.1, -0.05) is 19.3 Å². The molecule has 1 aliphatic heterocycles. The summed E-state index contributed by atoms with van der Waals surface area (Å²) in [5, 5.41) is 0. The molecule has 0 aromatic heterocycles. The Morgan fingerprint density at radius 3 is 2.41 bits per heavy atom. The standard InChI is InChI=1S/C15H22N2/c16-14-5-7-15(8-6-14)17-10-9-12-3-1-2-4-13(12)11-17/h5-8,12-13H,1-4,9-11,16H2/t12-,13+/m1/s1. The molecule has 0 spiro atoms. The van der Waals surface area contributed by atoms with E-state index in [0.29, 0.717) is 0 Å². The minimum atomic E-state index is 0.862. The van der Waals surface area contributed by atoms with Crippen LogP contribution in [0, 0.1) is 11.8 Å². The third-order valence-electron chi connectivity index (χ3n) is 4.55. The number of benzene rings is 1. The van der Waals surface area contributed by atoms with Crippen LogP contribution < -0.4 is 10.6 Å². The molecule has 17 heavy (non-hydrogen) atoms. The summed E-state index contributed by atoms with van der Waals surface area (Å²) >= 11 is 0. The van der Waals surface area contributed by atoms with Gasteiger partial charge in [0.25, 0.3) is 0 Å². The molecule has 1 saturated carbocycles. The molecule has 92 valence electrons. The Labute approximate surface area is 104 Å². The van der Waals surface area contributed by atoms with Crippen molar-refractivity contribution in [3.63, 3.8) is 0 Å². The average Bonchev–Trinajstić information content (AvgIpc) is 2.39. The number of rotatable bonds is 1. The molecule has 1 saturated heterocycles. The molecule has 2 atom stereocenters. The highest BCUT2D eigenvalue weighted by molar-refractivity contribution is 5.53. The van der Waals surface area contributed by atoms with Crippen molar-refractivity contribution in [3.8, 4) is 0 Å². The highest BCUT2D eigenvalue weighted by Gasteiger charge is 2.30. The second-order valence-electron chi connectivity index (χ2n) is 5.63. The minimum Gasteiger partial charge on any atom is -0.399 e. The monoisotopic (exact) mass is 230 g/mol. The Hall–Kier alpha value is -1.18. The molecule has 1 aliphatic carbocycles. The molecular weight excluding hydrogens is 208 g/mol. The van der Waals surface area contributed by atoms with Crippen molar-refractivity contribution in [2.75, 3.05) is 23.7 Å². The van der Waals surface area contributed by atoms with Crippen molar-refractivity contribution < 1.29 is 0 Å². The SMILES string of the molecule is Nc1ccc(N2CC[C@H]3CCCC[C@H]3C2)cc1. The van der Waals surface area contributed by atoms with Crippen LogP contribution in [0.5, 0.6) is 0 Å². The number of anilines is 2. The van der Waals surface area contributed by atoms with E-state index in [-0.39, 0.29) is 0 Å². The lowest BCUT2D eigenvalue weighted by atomic mass is 9.75. The summed E-state index contributed by atoms with van der Waals surface area (Å²) in [5.41, 5.74) is 7.96. The summed E-state index contributed by atoms with van der Waals surface area (Å²) in [6.07, 6.45) is 7.20. The van der Waals surface area contributed by atoms with Gasteiger partial charge in [-0.05, 0) is 48.9 Å². The van der Waals surface area contributed by atoms with E-state index >= 15 is 0 Å². The van der Waals surface area contributed by atoms with E-state index in [0.717, 1.165) is 17.5 Å². The van der Waals surface area contributed by atoms with Gasteiger partial charge in [-0.3, -0.25) is 0 Å². The number of nitrogens with two attached hydrogens (primary N) is 1. The first-order valence-corrected chi connectivity index (χ1v) is 6.93. The third-order valence-corrected chi connectivity index (χ3v) is 4.55. The first kappa shape index (κ1) is 10.9. The van der Waals surface area contributed by atoms with Crippen molar-refractivity contribution in [2.45, 2.75) is 32.1 Å². The van der Waals surface area contributed by atoms with E-state index < -0.39 is 0 Å². The topological polar surface area (TPSA) is 29.3 Å². The lowest BCUT2D eigenvalue weighted by Crippen LogP contribution is -2.41. The van der Waals surface area contributed by atoms with Crippen LogP contribution in [0.4, 0.5) is 11.4 Å². The van der Waals surface area contributed by atoms with Crippen molar-refractivity contribution in [3.05, 3.63) is 24.3 Å². The van der Waals surface area contributed by atoms with Crippen LogP contribution in [0.2, 0.25) is 0 Å².